The van der Waals surface area contributed by atoms with Crippen molar-refractivity contribution in [2.24, 2.45) is 0 Å². The number of nitrogens with one attached hydrogen (secondary N) is 2. The van der Waals surface area contributed by atoms with Gasteiger partial charge in [0, 0.05) is 5.54 Å². The summed E-state index contributed by atoms with van der Waals surface area (Å²) in [5.74, 6) is -0.971. The molecular formula is C16H23ClFN3O2. The molecule has 1 aromatic carbocycles. The van der Waals surface area contributed by atoms with E-state index in [1.807, 2.05) is 20.8 Å². The second kappa shape index (κ2) is 7.75. The monoisotopic (exact) mass is 343 g/mol. The van der Waals surface area contributed by atoms with Crippen LogP contribution in [0.15, 0.2) is 18.2 Å². The Kier molecular flexibility index (Phi) is 6.53. The first kappa shape index (κ1) is 19.4. The summed E-state index contributed by atoms with van der Waals surface area (Å²) in [5.41, 5.74) is 0.00266. The Hall–Kier alpha value is -1.66. The van der Waals surface area contributed by atoms with Crippen LogP contribution in [0.3, 0.4) is 0 Å². The number of carbonyl (C=O) groups is 2. The Morgan fingerprint density at radius 1 is 1.35 bits per heavy atom. The van der Waals surface area contributed by atoms with Crippen molar-refractivity contribution >= 4 is 29.1 Å². The highest BCUT2D eigenvalue weighted by Gasteiger charge is 2.22. The summed E-state index contributed by atoms with van der Waals surface area (Å²) in [6, 6.07) is 3.19. The summed E-state index contributed by atoms with van der Waals surface area (Å²) >= 11 is 5.88. The predicted octanol–water partition coefficient (Wildman–Crippen LogP) is 2.65. The molecule has 0 heterocycles. The van der Waals surface area contributed by atoms with Gasteiger partial charge in [-0.25, -0.2) is 4.39 Å². The summed E-state index contributed by atoms with van der Waals surface area (Å²) < 4.78 is 13.0. The van der Waals surface area contributed by atoms with Crippen molar-refractivity contribution in [3.8, 4) is 0 Å². The Balaban J connectivity index is 2.63. The molecule has 5 nitrogen and oxygen atoms in total. The van der Waals surface area contributed by atoms with Crippen molar-refractivity contribution in [3.05, 3.63) is 29.0 Å². The van der Waals surface area contributed by atoms with Crippen LogP contribution in [-0.4, -0.2) is 41.9 Å². The summed E-state index contributed by atoms with van der Waals surface area (Å²) in [5, 5.41) is 5.59. The van der Waals surface area contributed by atoms with Crippen molar-refractivity contribution in [3.63, 3.8) is 0 Å². The van der Waals surface area contributed by atoms with E-state index in [9.17, 15) is 14.0 Å². The summed E-state index contributed by atoms with van der Waals surface area (Å²) in [6.07, 6.45) is 0. The molecule has 0 bridgehead atoms. The maximum Gasteiger partial charge on any atom is 0.241 e. The molecule has 0 saturated carbocycles. The van der Waals surface area contributed by atoms with Crippen molar-refractivity contribution in [2.45, 2.75) is 39.3 Å². The van der Waals surface area contributed by atoms with E-state index in [1.54, 1.807) is 18.9 Å². The van der Waals surface area contributed by atoms with E-state index in [4.69, 9.17) is 11.6 Å². The fraction of sp³-hybridized carbons (Fsp3) is 0.500. The fourth-order valence-electron chi connectivity index (χ4n) is 1.85. The number of hydrogen-bond acceptors (Lipinski definition) is 3. The number of rotatable bonds is 5. The lowest BCUT2D eigenvalue weighted by atomic mass is 10.1. The van der Waals surface area contributed by atoms with Crippen molar-refractivity contribution in [1.29, 1.82) is 0 Å². The number of likely N-dealkylation sites (N-methyl/N-ethyl adjacent to an activating group) is 1. The molecule has 1 atom stereocenters. The quantitative estimate of drug-likeness (QED) is 0.864. The highest BCUT2D eigenvalue weighted by atomic mass is 35.5. The van der Waals surface area contributed by atoms with E-state index in [2.05, 4.69) is 10.6 Å². The zero-order chi connectivity index (χ0) is 17.8. The number of hydrogen-bond donors (Lipinski definition) is 2. The van der Waals surface area contributed by atoms with Gasteiger partial charge in [0.15, 0.2) is 0 Å². The van der Waals surface area contributed by atoms with Crippen molar-refractivity contribution in [2.75, 3.05) is 18.9 Å². The van der Waals surface area contributed by atoms with Gasteiger partial charge in [-0.2, -0.15) is 0 Å². The van der Waals surface area contributed by atoms with Crippen molar-refractivity contribution < 1.29 is 14.0 Å². The van der Waals surface area contributed by atoms with Crippen LogP contribution < -0.4 is 10.6 Å². The molecule has 2 amide bonds. The van der Waals surface area contributed by atoms with Gasteiger partial charge < -0.3 is 10.6 Å². The second-order valence-electron chi connectivity index (χ2n) is 6.50. The smallest absolute Gasteiger partial charge is 0.241 e. The van der Waals surface area contributed by atoms with E-state index in [-0.39, 0.29) is 28.9 Å². The number of carbonyl (C=O) groups excluding carboxylic acids is 2. The fourth-order valence-corrected chi connectivity index (χ4v) is 2.06. The molecule has 0 aromatic heterocycles. The second-order valence-corrected chi connectivity index (χ2v) is 6.91. The van der Waals surface area contributed by atoms with Gasteiger partial charge in [-0.05, 0) is 52.9 Å². The van der Waals surface area contributed by atoms with Crippen LogP contribution in [0.25, 0.3) is 0 Å². The van der Waals surface area contributed by atoms with Crippen LogP contribution in [0, 0.1) is 5.82 Å². The Morgan fingerprint density at radius 3 is 2.48 bits per heavy atom. The SMILES string of the molecule is C[C@@H](C(=O)Nc1ccc(F)cc1Cl)N(C)CC(=O)NC(C)(C)C. The van der Waals surface area contributed by atoms with Gasteiger partial charge in [0.1, 0.15) is 5.82 Å². The third kappa shape index (κ3) is 6.54. The van der Waals surface area contributed by atoms with Gasteiger partial charge in [-0.15, -0.1) is 0 Å². The van der Waals surface area contributed by atoms with Crippen LogP contribution >= 0.6 is 11.6 Å². The van der Waals surface area contributed by atoms with Crippen LogP contribution in [-0.2, 0) is 9.59 Å². The van der Waals surface area contributed by atoms with Gasteiger partial charge in [0.2, 0.25) is 11.8 Å². The molecular weight excluding hydrogens is 321 g/mol. The normalized spacial score (nSPS) is 12.9. The first-order chi connectivity index (χ1) is 10.5. The lowest BCUT2D eigenvalue weighted by Crippen LogP contribution is -2.49. The number of nitrogens with zero attached hydrogens (tertiary/aromatic N) is 1. The van der Waals surface area contributed by atoms with Gasteiger partial charge >= 0.3 is 0 Å². The molecule has 0 aliphatic rings. The topological polar surface area (TPSA) is 61.4 Å². The standard InChI is InChI=1S/C16H23ClFN3O2/c1-10(21(5)9-14(22)20-16(2,3)4)15(23)19-13-7-6-11(18)8-12(13)17/h6-8,10H,9H2,1-5H3,(H,19,23)(H,20,22)/t10-/m0/s1. The van der Waals surface area contributed by atoms with Gasteiger partial charge in [-0.3, -0.25) is 14.5 Å². The Morgan fingerprint density at radius 2 is 1.96 bits per heavy atom. The molecule has 0 unspecified atom stereocenters. The van der Waals surface area contributed by atoms with Crippen LogP contribution in [0.1, 0.15) is 27.7 Å². The van der Waals surface area contributed by atoms with Crippen LogP contribution in [0.5, 0.6) is 0 Å². The van der Waals surface area contributed by atoms with E-state index >= 15 is 0 Å². The van der Waals surface area contributed by atoms with Crippen LogP contribution in [0.2, 0.25) is 5.02 Å². The zero-order valence-corrected chi connectivity index (χ0v) is 14.8. The number of halogens is 2. The third-order valence-electron chi connectivity index (χ3n) is 3.14. The molecule has 0 fully saturated rings. The molecule has 0 saturated heterocycles. The Bertz CT molecular complexity index is 587. The van der Waals surface area contributed by atoms with Gasteiger partial charge in [0.25, 0.3) is 0 Å². The predicted molar refractivity (Wildman–Crippen MR) is 90.0 cm³/mol. The van der Waals surface area contributed by atoms with Crippen molar-refractivity contribution in [1.82, 2.24) is 10.2 Å². The third-order valence-corrected chi connectivity index (χ3v) is 3.45. The van der Waals surface area contributed by atoms with Crippen LogP contribution in [0.4, 0.5) is 10.1 Å². The molecule has 0 spiro atoms. The molecule has 1 rings (SSSR count). The average molecular weight is 344 g/mol. The maximum absolute atomic E-state index is 13.0. The van der Waals surface area contributed by atoms with Gasteiger partial charge in [0.05, 0.1) is 23.3 Å². The molecule has 0 radical (unpaired) electrons. The number of benzene rings is 1. The van der Waals surface area contributed by atoms with E-state index in [1.165, 1.54) is 12.1 Å². The summed E-state index contributed by atoms with van der Waals surface area (Å²) in [6.45, 7) is 7.42. The minimum atomic E-state index is -0.554. The zero-order valence-electron chi connectivity index (χ0n) is 14.0. The Labute approximate surface area is 141 Å². The highest BCUT2D eigenvalue weighted by molar-refractivity contribution is 6.33. The lowest BCUT2D eigenvalue weighted by molar-refractivity contribution is -0.125. The van der Waals surface area contributed by atoms with Gasteiger partial charge in [-0.1, -0.05) is 11.6 Å². The molecule has 2 N–H and O–H groups in total. The first-order valence-corrected chi connectivity index (χ1v) is 7.64. The minimum absolute atomic E-state index is 0.0863. The molecule has 0 aliphatic carbocycles. The highest BCUT2D eigenvalue weighted by Crippen LogP contribution is 2.22. The lowest BCUT2D eigenvalue weighted by Gasteiger charge is -2.26. The minimum Gasteiger partial charge on any atom is -0.350 e. The van der Waals surface area contributed by atoms with E-state index in [0.29, 0.717) is 5.69 Å². The molecule has 23 heavy (non-hydrogen) atoms. The van der Waals surface area contributed by atoms with E-state index < -0.39 is 11.9 Å². The number of anilines is 1. The summed E-state index contributed by atoms with van der Waals surface area (Å²) in [7, 11) is 1.68. The van der Waals surface area contributed by atoms with E-state index in [0.717, 1.165) is 6.07 Å². The first-order valence-electron chi connectivity index (χ1n) is 7.27. The number of amides is 2. The molecule has 128 valence electrons. The average Bonchev–Trinajstić information content (AvgIpc) is 2.38. The maximum atomic E-state index is 13.0. The largest absolute Gasteiger partial charge is 0.350 e. The molecule has 0 aliphatic heterocycles. The molecule has 1 aromatic rings. The summed E-state index contributed by atoms with van der Waals surface area (Å²) in [4.78, 5) is 25.7. The molecule has 7 heteroatoms.